The molecule has 0 fully saturated rings. The molecule has 2 heterocycles. The van der Waals surface area contributed by atoms with Gasteiger partial charge in [0.15, 0.2) is 5.17 Å². The van der Waals surface area contributed by atoms with Gasteiger partial charge in [0.1, 0.15) is 5.75 Å². The molecule has 200 valence electrons. The Balaban J connectivity index is 1.70. The number of nitrogens with one attached hydrogen (secondary N) is 2. The van der Waals surface area contributed by atoms with E-state index in [9.17, 15) is 9.59 Å². The predicted molar refractivity (Wildman–Crippen MR) is 155 cm³/mol. The minimum atomic E-state index is -0.417. The Morgan fingerprint density at radius 1 is 1.08 bits per heavy atom. The smallest absolute Gasteiger partial charge is 0.255 e. The van der Waals surface area contributed by atoms with Crippen LogP contribution in [0.15, 0.2) is 75.9 Å². The standard InChI is InChI=1S/C30H36N4O3S/c1-7-19(4)31-26(35)16-24-17-38-30-32-20(5)27(29(36)33-23-12-14-25(37-6)15-13-23)28(34(24)30)22-10-8-21(9-11-22)18(2)3/h8-15,17-19,28H,7,16H2,1-6H3,(H,31,35)(H,33,36)/t19-,28-/m1/s1. The number of anilines is 1. The molecule has 0 aliphatic carbocycles. The molecule has 2 amide bonds. The molecule has 0 bridgehead atoms. The monoisotopic (exact) mass is 532 g/mol. The first kappa shape index (κ1) is 27.5. The molecule has 7 nitrogen and oxygen atoms in total. The van der Waals surface area contributed by atoms with Crippen LogP contribution in [0.25, 0.3) is 0 Å². The van der Waals surface area contributed by atoms with Crippen LogP contribution < -0.4 is 15.4 Å². The van der Waals surface area contributed by atoms with Crippen LogP contribution in [-0.2, 0) is 9.59 Å². The number of nitrogens with zero attached hydrogens (tertiary/aromatic N) is 2. The summed E-state index contributed by atoms with van der Waals surface area (Å²) in [5, 5.41) is 8.84. The Morgan fingerprint density at radius 2 is 1.76 bits per heavy atom. The van der Waals surface area contributed by atoms with Gasteiger partial charge in [0, 0.05) is 17.4 Å². The summed E-state index contributed by atoms with van der Waals surface area (Å²) in [6.45, 7) is 10.2. The zero-order chi connectivity index (χ0) is 27.4. The fourth-order valence-electron chi connectivity index (χ4n) is 4.50. The topological polar surface area (TPSA) is 83.0 Å². The zero-order valence-electron chi connectivity index (χ0n) is 22.9. The van der Waals surface area contributed by atoms with Crippen molar-refractivity contribution in [1.82, 2.24) is 10.2 Å². The number of allylic oxidation sites excluding steroid dienone is 1. The largest absolute Gasteiger partial charge is 0.497 e. The van der Waals surface area contributed by atoms with Crippen molar-refractivity contribution in [3.8, 4) is 5.75 Å². The SMILES string of the molecule is CC[C@@H](C)NC(=O)CC1=CSC2=NC(C)=C(C(=O)Nc3ccc(OC)cc3)[C@@H](c3ccc(C(C)C)cc3)N12. The van der Waals surface area contributed by atoms with E-state index in [0.29, 0.717) is 28.6 Å². The molecule has 2 aliphatic rings. The highest BCUT2D eigenvalue weighted by Gasteiger charge is 2.40. The van der Waals surface area contributed by atoms with Crippen molar-refractivity contribution >= 4 is 34.4 Å². The second kappa shape index (κ2) is 11.9. The summed E-state index contributed by atoms with van der Waals surface area (Å²) >= 11 is 1.49. The molecule has 2 atom stereocenters. The first-order valence-electron chi connectivity index (χ1n) is 13.0. The number of ether oxygens (including phenoxy) is 1. The number of carbonyl (C=O) groups is 2. The number of amides is 2. The molecule has 0 spiro atoms. The van der Waals surface area contributed by atoms with E-state index < -0.39 is 6.04 Å². The minimum absolute atomic E-state index is 0.0446. The molecular formula is C30H36N4O3S. The van der Waals surface area contributed by atoms with Crippen molar-refractivity contribution in [3.05, 3.63) is 82.0 Å². The average Bonchev–Trinajstić information content (AvgIpc) is 3.29. The van der Waals surface area contributed by atoms with Crippen molar-refractivity contribution in [2.24, 2.45) is 4.99 Å². The molecular weight excluding hydrogens is 496 g/mol. The molecule has 2 aromatic carbocycles. The van der Waals surface area contributed by atoms with Crippen molar-refractivity contribution in [1.29, 1.82) is 0 Å². The highest BCUT2D eigenvalue weighted by atomic mass is 32.2. The highest BCUT2D eigenvalue weighted by molar-refractivity contribution is 8.16. The lowest BCUT2D eigenvalue weighted by atomic mass is 9.91. The normalized spacial score (nSPS) is 17.6. The molecule has 0 radical (unpaired) electrons. The Kier molecular flexibility index (Phi) is 8.62. The average molecular weight is 533 g/mol. The van der Waals surface area contributed by atoms with Crippen LogP contribution in [-0.4, -0.2) is 35.0 Å². The number of rotatable bonds is 9. The molecule has 0 saturated carbocycles. The number of carbonyl (C=O) groups excluding carboxylic acids is 2. The number of fused-ring (bicyclic) bond motifs is 1. The van der Waals surface area contributed by atoms with E-state index >= 15 is 0 Å². The summed E-state index contributed by atoms with van der Waals surface area (Å²) in [7, 11) is 1.61. The Bertz CT molecular complexity index is 1280. The second-order valence-electron chi connectivity index (χ2n) is 9.95. The van der Waals surface area contributed by atoms with Gasteiger partial charge in [0.2, 0.25) is 5.91 Å². The lowest BCUT2D eigenvalue weighted by molar-refractivity contribution is -0.121. The van der Waals surface area contributed by atoms with E-state index in [2.05, 4.69) is 48.7 Å². The maximum atomic E-state index is 13.8. The van der Waals surface area contributed by atoms with Gasteiger partial charge >= 0.3 is 0 Å². The molecule has 4 rings (SSSR count). The molecule has 8 heteroatoms. The second-order valence-corrected chi connectivity index (χ2v) is 10.8. The van der Waals surface area contributed by atoms with Crippen molar-refractivity contribution < 1.29 is 14.3 Å². The summed E-state index contributed by atoms with van der Waals surface area (Å²) in [6, 6.07) is 15.3. The van der Waals surface area contributed by atoms with Gasteiger partial charge in [0.05, 0.1) is 30.8 Å². The van der Waals surface area contributed by atoms with Gasteiger partial charge in [-0.3, -0.25) is 9.59 Å². The van der Waals surface area contributed by atoms with Gasteiger partial charge in [-0.15, -0.1) is 0 Å². The van der Waals surface area contributed by atoms with Crippen LogP contribution in [0.3, 0.4) is 0 Å². The summed E-state index contributed by atoms with van der Waals surface area (Å²) in [5.41, 5.74) is 4.90. The summed E-state index contributed by atoms with van der Waals surface area (Å²) in [4.78, 5) is 33.5. The maximum absolute atomic E-state index is 13.8. The number of thioether (sulfide) groups is 1. The highest BCUT2D eigenvalue weighted by Crippen LogP contribution is 2.45. The fraction of sp³-hybridized carbons (Fsp3) is 0.367. The molecule has 0 unspecified atom stereocenters. The van der Waals surface area contributed by atoms with Crippen molar-refractivity contribution in [3.63, 3.8) is 0 Å². The number of benzene rings is 2. The van der Waals surface area contributed by atoms with Crippen LogP contribution in [0.2, 0.25) is 0 Å². The Hall–Kier alpha value is -3.52. The van der Waals surface area contributed by atoms with Gasteiger partial charge in [-0.1, -0.05) is 56.8 Å². The third-order valence-corrected chi connectivity index (χ3v) is 7.76. The van der Waals surface area contributed by atoms with Crippen LogP contribution >= 0.6 is 11.8 Å². The minimum Gasteiger partial charge on any atom is -0.497 e. The lowest BCUT2D eigenvalue weighted by Gasteiger charge is -2.36. The zero-order valence-corrected chi connectivity index (χ0v) is 23.7. The Labute approximate surface area is 229 Å². The Morgan fingerprint density at radius 3 is 2.37 bits per heavy atom. The van der Waals surface area contributed by atoms with Crippen LogP contribution in [0, 0.1) is 0 Å². The number of aliphatic imine (C=N–C) groups is 1. The van der Waals surface area contributed by atoms with E-state index in [4.69, 9.17) is 9.73 Å². The van der Waals surface area contributed by atoms with Gasteiger partial charge in [0.25, 0.3) is 5.91 Å². The van der Waals surface area contributed by atoms with E-state index in [1.807, 2.05) is 55.3 Å². The fourth-order valence-corrected chi connectivity index (χ4v) is 5.47. The van der Waals surface area contributed by atoms with Gasteiger partial charge in [-0.25, -0.2) is 4.99 Å². The number of amidine groups is 1. The van der Waals surface area contributed by atoms with Crippen molar-refractivity contribution in [2.45, 2.75) is 65.5 Å². The summed E-state index contributed by atoms with van der Waals surface area (Å²) in [5.74, 6) is 0.836. The molecule has 0 aromatic heterocycles. The molecule has 2 aliphatic heterocycles. The van der Waals surface area contributed by atoms with E-state index in [1.54, 1.807) is 7.11 Å². The molecule has 0 saturated heterocycles. The van der Waals surface area contributed by atoms with E-state index in [-0.39, 0.29) is 24.3 Å². The third-order valence-electron chi connectivity index (χ3n) is 6.87. The first-order chi connectivity index (χ1) is 18.2. The first-order valence-corrected chi connectivity index (χ1v) is 13.9. The third kappa shape index (κ3) is 5.96. The van der Waals surface area contributed by atoms with Gasteiger partial charge in [-0.05, 0) is 67.0 Å². The van der Waals surface area contributed by atoms with Crippen LogP contribution in [0.1, 0.15) is 70.5 Å². The van der Waals surface area contributed by atoms with E-state index in [1.165, 1.54) is 17.3 Å². The molecule has 38 heavy (non-hydrogen) atoms. The lowest BCUT2D eigenvalue weighted by Crippen LogP contribution is -2.39. The molecule has 2 aromatic rings. The molecule has 2 N–H and O–H groups in total. The van der Waals surface area contributed by atoms with Gasteiger partial charge in [-0.2, -0.15) is 0 Å². The number of hydrogen-bond donors (Lipinski definition) is 2. The maximum Gasteiger partial charge on any atom is 0.255 e. The van der Waals surface area contributed by atoms with Gasteiger partial charge < -0.3 is 20.3 Å². The summed E-state index contributed by atoms with van der Waals surface area (Å²) in [6.07, 6.45) is 1.07. The van der Waals surface area contributed by atoms with Crippen LogP contribution in [0.4, 0.5) is 5.69 Å². The van der Waals surface area contributed by atoms with Crippen LogP contribution in [0.5, 0.6) is 5.75 Å². The number of hydrogen-bond acceptors (Lipinski definition) is 6. The quantitative estimate of drug-likeness (QED) is 0.394. The predicted octanol–water partition coefficient (Wildman–Crippen LogP) is 6.34. The summed E-state index contributed by atoms with van der Waals surface area (Å²) < 4.78 is 5.24. The number of methoxy groups -OCH3 is 1. The van der Waals surface area contributed by atoms with Crippen molar-refractivity contribution in [2.75, 3.05) is 12.4 Å². The van der Waals surface area contributed by atoms with E-state index in [0.717, 1.165) is 22.8 Å².